The molecule has 2 aliphatic rings. The molecular formula is C51H36N4O4Pt. The van der Waals surface area contributed by atoms with Gasteiger partial charge in [0.25, 0.3) is 0 Å². The number of hydrogen-bond donors (Lipinski definition) is 0. The van der Waals surface area contributed by atoms with Gasteiger partial charge in [-0.25, -0.2) is 19.6 Å². The van der Waals surface area contributed by atoms with Crippen LogP contribution in [0.4, 0.5) is 0 Å². The van der Waals surface area contributed by atoms with Gasteiger partial charge in [-0.2, -0.15) is 0 Å². The van der Waals surface area contributed by atoms with Crippen LogP contribution in [-0.4, -0.2) is 35.1 Å². The van der Waals surface area contributed by atoms with Gasteiger partial charge < -0.3 is 19.4 Å². The van der Waals surface area contributed by atoms with E-state index < -0.39 is 11.9 Å². The van der Waals surface area contributed by atoms with Crippen LogP contribution in [0.25, 0.3) is 90.9 Å². The van der Waals surface area contributed by atoms with Gasteiger partial charge in [0.05, 0.1) is 28.3 Å². The third-order valence-electron chi connectivity index (χ3n) is 10.1. The molecule has 0 amide bonds. The number of esters is 2. The summed E-state index contributed by atoms with van der Waals surface area (Å²) in [4.78, 5) is 45.9. The number of aromatic nitrogens is 4. The summed E-state index contributed by atoms with van der Waals surface area (Å²) in [7, 11) is 0. The van der Waals surface area contributed by atoms with Crippen molar-refractivity contribution >= 4 is 58.3 Å². The Labute approximate surface area is 361 Å². The molecule has 0 atom stereocenters. The van der Waals surface area contributed by atoms with Crippen LogP contribution in [0, 0.1) is 0 Å². The summed E-state index contributed by atoms with van der Waals surface area (Å²) in [5.41, 5.74) is 14.0. The van der Waals surface area contributed by atoms with E-state index in [2.05, 4.69) is 67.3 Å². The second kappa shape index (κ2) is 17.4. The molecule has 0 saturated heterocycles. The first-order valence-corrected chi connectivity index (χ1v) is 19.2. The van der Waals surface area contributed by atoms with E-state index in [4.69, 9.17) is 29.4 Å². The Morgan fingerprint density at radius 2 is 0.817 bits per heavy atom. The van der Waals surface area contributed by atoms with Gasteiger partial charge in [-0.1, -0.05) is 134 Å². The summed E-state index contributed by atoms with van der Waals surface area (Å²) in [5.74, 6) is -1.07. The van der Waals surface area contributed by atoms with Crippen LogP contribution >= 0.6 is 0 Å². The predicted molar refractivity (Wildman–Crippen MR) is 235 cm³/mol. The molecule has 294 valence electrons. The summed E-state index contributed by atoms with van der Waals surface area (Å²) < 4.78 is 10.5. The summed E-state index contributed by atoms with van der Waals surface area (Å²) in [6, 6.07) is 45.9. The van der Waals surface area contributed by atoms with Crippen molar-refractivity contribution in [1.82, 2.24) is 19.9 Å². The van der Waals surface area contributed by atoms with Crippen molar-refractivity contribution in [3.63, 3.8) is 0 Å². The molecule has 0 fully saturated rings. The molecule has 0 unspecified atom stereocenters. The molecule has 0 aliphatic carbocycles. The molecule has 5 heterocycles. The number of carbonyl (C=O) groups is 2. The summed E-state index contributed by atoms with van der Waals surface area (Å²) in [6.07, 6.45) is 8.14. The zero-order valence-corrected chi connectivity index (χ0v) is 34.7. The van der Waals surface area contributed by atoms with Crippen molar-refractivity contribution in [2.24, 2.45) is 0 Å². The summed E-state index contributed by atoms with van der Waals surface area (Å²) in [6.45, 7) is 4.98. The molecule has 8 bridgehead atoms. The van der Waals surface area contributed by atoms with E-state index in [1.165, 1.54) is 0 Å². The van der Waals surface area contributed by atoms with Crippen molar-refractivity contribution in [3.05, 3.63) is 180 Å². The van der Waals surface area contributed by atoms with Gasteiger partial charge >= 0.3 is 33.0 Å². The number of ether oxygens (including phenoxy) is 2. The van der Waals surface area contributed by atoms with Crippen LogP contribution in [0.5, 0.6) is 0 Å². The van der Waals surface area contributed by atoms with Crippen molar-refractivity contribution in [3.8, 4) is 44.5 Å². The first-order valence-electron chi connectivity index (χ1n) is 19.2. The number of benzene rings is 4. The molecule has 8 nitrogen and oxygen atoms in total. The van der Waals surface area contributed by atoms with Gasteiger partial charge in [-0.15, -0.1) is 22.1 Å². The van der Waals surface area contributed by atoms with E-state index >= 15 is 0 Å². The number of rotatable bonds is 9. The fourth-order valence-corrected chi connectivity index (χ4v) is 7.33. The predicted octanol–water partition coefficient (Wildman–Crippen LogP) is 10.9. The topological polar surface area (TPSA) is 107 Å². The standard InChI is InChI=1S/C51H37N4O4.Pt/c1-32(2)50(56)58-30-31-59-51(57)37-20-18-36(19-21-37)49-44-28-26-42(54-44)47(34-14-8-4-9-15-34)40-24-22-38(52-40)46(33-12-6-3-7-13-33)39-23-25-41(53-39)48(35-16-10-5-11-17-35)43-27-29-45(49)55-43;/h3-29H,1,30-31H2,2H3,(H-,52,53,54,55,57);/q-1;+2/p-1. The van der Waals surface area contributed by atoms with Gasteiger partial charge in [-0.3, -0.25) is 0 Å². The smallest absolute Gasteiger partial charge is 0.657 e. The minimum atomic E-state index is -0.534. The van der Waals surface area contributed by atoms with Gasteiger partial charge in [0.15, 0.2) is 0 Å². The molecule has 0 saturated carbocycles. The van der Waals surface area contributed by atoms with E-state index in [-0.39, 0.29) is 39.9 Å². The third kappa shape index (κ3) is 7.98. The Morgan fingerprint density at radius 1 is 0.483 bits per heavy atom. The molecule has 0 radical (unpaired) electrons. The van der Waals surface area contributed by atoms with Crippen molar-refractivity contribution in [2.45, 2.75) is 6.92 Å². The van der Waals surface area contributed by atoms with Crippen molar-refractivity contribution < 1.29 is 40.1 Å². The molecule has 2 aliphatic heterocycles. The SMILES string of the molecule is C=C(C)C(=O)OCCOC(=O)c1ccc(-c2c3nc(c(-c4ccccc4)c4ccc([n-]4)c(-c4ccccc4)c4nc(c(-c5ccccc5)c5ccc2[n-]5)C=C4)C=C3)cc1.[Pt+2]. The molecule has 0 spiro atoms. The fourth-order valence-electron chi connectivity index (χ4n) is 7.33. The van der Waals surface area contributed by atoms with Gasteiger partial charge in [-0.05, 0) is 87.9 Å². The van der Waals surface area contributed by atoms with Crippen LogP contribution in [0.15, 0.2) is 152 Å². The first kappa shape index (κ1) is 39.7. The minimum absolute atomic E-state index is 0. The molecular weight excluding hydrogens is 928 g/mol. The summed E-state index contributed by atoms with van der Waals surface area (Å²) >= 11 is 0. The number of hydrogen-bond acceptors (Lipinski definition) is 6. The Hall–Kier alpha value is -7.15. The van der Waals surface area contributed by atoms with Gasteiger partial charge in [0.2, 0.25) is 0 Å². The molecule has 3 aromatic heterocycles. The van der Waals surface area contributed by atoms with Gasteiger partial charge in [0, 0.05) is 5.57 Å². The van der Waals surface area contributed by atoms with Crippen LogP contribution in [-0.2, 0) is 35.3 Å². The number of nitrogens with zero attached hydrogens (tertiary/aromatic N) is 4. The Bertz CT molecular complexity index is 2950. The second-order valence-corrected chi connectivity index (χ2v) is 14.1. The van der Waals surface area contributed by atoms with Crippen LogP contribution in [0.1, 0.15) is 40.1 Å². The van der Waals surface area contributed by atoms with Gasteiger partial charge in [0.1, 0.15) is 13.2 Å². The van der Waals surface area contributed by atoms with E-state index in [9.17, 15) is 9.59 Å². The Morgan fingerprint density at radius 3 is 1.17 bits per heavy atom. The van der Waals surface area contributed by atoms with Crippen molar-refractivity contribution in [1.29, 1.82) is 0 Å². The Balaban J connectivity index is 0.00000499. The van der Waals surface area contributed by atoms with E-state index in [1.807, 2.05) is 91.0 Å². The molecule has 9 heteroatoms. The largest absolute Gasteiger partial charge is 2.00 e. The maximum Gasteiger partial charge on any atom is 2.00 e. The van der Waals surface area contributed by atoms with E-state index in [0.29, 0.717) is 16.8 Å². The minimum Gasteiger partial charge on any atom is -0.657 e. The van der Waals surface area contributed by atoms with Crippen molar-refractivity contribution in [2.75, 3.05) is 13.2 Å². The van der Waals surface area contributed by atoms with Crippen LogP contribution in [0.3, 0.4) is 0 Å². The fraction of sp³-hybridized carbons (Fsp3) is 0.0588. The third-order valence-corrected chi connectivity index (χ3v) is 10.1. The molecule has 60 heavy (non-hydrogen) atoms. The maximum absolute atomic E-state index is 13.0. The average molecular weight is 964 g/mol. The molecule has 7 aromatic rings. The number of carbonyl (C=O) groups excluding carboxylic acids is 2. The zero-order valence-electron chi connectivity index (χ0n) is 32.4. The molecule has 0 N–H and O–H groups in total. The molecule has 4 aromatic carbocycles. The van der Waals surface area contributed by atoms with Crippen LogP contribution in [0.2, 0.25) is 0 Å². The monoisotopic (exact) mass is 963 g/mol. The second-order valence-electron chi connectivity index (χ2n) is 14.1. The Kier molecular flexibility index (Phi) is 11.5. The van der Waals surface area contributed by atoms with E-state index in [0.717, 1.165) is 78.1 Å². The number of fused-ring (bicyclic) bond motifs is 8. The van der Waals surface area contributed by atoms with Crippen LogP contribution < -0.4 is 9.97 Å². The normalized spacial score (nSPS) is 11.5. The first-order chi connectivity index (χ1) is 28.9. The summed E-state index contributed by atoms with van der Waals surface area (Å²) in [5, 5.41) is 0. The van der Waals surface area contributed by atoms with E-state index in [1.54, 1.807) is 19.1 Å². The zero-order chi connectivity index (χ0) is 40.3. The quantitative estimate of drug-likeness (QED) is 0.0800. The average Bonchev–Trinajstić information content (AvgIpc) is 4.12. The molecule has 9 rings (SSSR count). The maximum atomic E-state index is 13.0.